The van der Waals surface area contributed by atoms with Crippen molar-refractivity contribution >= 4 is 20.8 Å². The number of aliphatic imine (C=N–C) groups is 1. The lowest BCUT2D eigenvalue weighted by Gasteiger charge is -2.24. The summed E-state index contributed by atoms with van der Waals surface area (Å²) in [6.07, 6.45) is 15.6. The van der Waals surface area contributed by atoms with Gasteiger partial charge in [-0.2, -0.15) is 10.5 Å². The average molecular weight is 729 g/mol. The number of rotatable bonds is 27. The first-order chi connectivity index (χ1) is 24.8. The molecule has 1 aromatic heterocycles. The van der Waals surface area contributed by atoms with Gasteiger partial charge in [-0.1, -0.05) is 83.6 Å². The van der Waals surface area contributed by atoms with Gasteiger partial charge in [0.05, 0.1) is 49.9 Å². The molecule has 280 valence electrons. The SMILES string of the molecule is CCCCCCCCCCCCCCOCC(COP(O)OCC1(C#N)CCC(c2ccc(C(N)=NC=N)[nH]2)O1)OCc1ccc(C#N)cc1F. The lowest BCUT2D eigenvalue weighted by molar-refractivity contribution is -0.0542. The van der Waals surface area contributed by atoms with Gasteiger partial charge in [-0.15, -0.1) is 0 Å². The van der Waals surface area contributed by atoms with Gasteiger partial charge in [-0.05, 0) is 43.5 Å². The van der Waals surface area contributed by atoms with Gasteiger partial charge in [0.15, 0.2) is 5.60 Å². The van der Waals surface area contributed by atoms with Crippen molar-refractivity contribution in [3.63, 3.8) is 0 Å². The molecule has 12 nitrogen and oxygen atoms in total. The fraction of sp³-hybridized carbons (Fsp3) is 0.622. The number of benzene rings is 1. The van der Waals surface area contributed by atoms with Crippen LogP contribution in [0.2, 0.25) is 0 Å². The Morgan fingerprint density at radius 2 is 1.80 bits per heavy atom. The standard InChI is InChI=1S/C37H54FN6O6P/c1-2-3-4-5-6-7-8-9-10-11-12-13-20-46-24-31(47-23-30-15-14-29(22-39)21-32(30)38)25-48-51(45)49-27-37(26-40)19-18-35(50-37)33-16-17-34(44-33)36(42)43-28-41/h14-17,21,28,31,35,44-45H,2-13,18-20,23-25,27H2,1H3,(H3,41,42,43). The van der Waals surface area contributed by atoms with E-state index >= 15 is 0 Å². The maximum atomic E-state index is 14.5. The highest BCUT2D eigenvalue weighted by Gasteiger charge is 2.43. The number of unbranched alkanes of at least 4 members (excludes halogenated alkanes) is 11. The predicted octanol–water partition coefficient (Wildman–Crippen LogP) is 8.01. The first-order valence-electron chi connectivity index (χ1n) is 18.1. The number of hydrogen-bond donors (Lipinski definition) is 4. The van der Waals surface area contributed by atoms with Crippen LogP contribution >= 0.6 is 8.60 Å². The normalized spacial score (nSPS) is 18.7. The number of ether oxygens (including phenoxy) is 3. The first kappa shape index (κ1) is 42.2. The van der Waals surface area contributed by atoms with Gasteiger partial charge >= 0.3 is 8.60 Å². The summed E-state index contributed by atoms with van der Waals surface area (Å²) >= 11 is 0. The molecule has 3 rings (SSSR count). The number of nitrogens with zero attached hydrogens (tertiary/aromatic N) is 3. The molecule has 51 heavy (non-hydrogen) atoms. The Bertz CT molecular complexity index is 1430. The number of hydrogen-bond acceptors (Lipinski definition) is 9. The van der Waals surface area contributed by atoms with Gasteiger partial charge in [-0.3, -0.25) is 5.41 Å². The van der Waals surface area contributed by atoms with Crippen LogP contribution in [-0.2, 0) is 29.9 Å². The molecule has 0 saturated carbocycles. The fourth-order valence-corrected chi connectivity index (χ4v) is 6.46. The minimum absolute atomic E-state index is 0.0795. The van der Waals surface area contributed by atoms with Crippen LogP contribution in [-0.4, -0.2) is 60.2 Å². The van der Waals surface area contributed by atoms with Crippen molar-refractivity contribution < 1.29 is 32.5 Å². The number of amidine groups is 1. The van der Waals surface area contributed by atoms with E-state index in [9.17, 15) is 14.5 Å². The molecule has 4 unspecified atom stereocenters. The summed E-state index contributed by atoms with van der Waals surface area (Å²) in [7, 11) is -2.40. The molecule has 0 spiro atoms. The van der Waals surface area contributed by atoms with E-state index in [1.165, 1.54) is 76.3 Å². The van der Waals surface area contributed by atoms with Crippen molar-refractivity contribution in [2.45, 2.75) is 121 Å². The van der Waals surface area contributed by atoms with E-state index in [0.29, 0.717) is 30.8 Å². The molecule has 2 aromatic rings. The molecular formula is C37H54FN6O6P. The minimum Gasteiger partial charge on any atom is -0.382 e. The summed E-state index contributed by atoms with van der Waals surface area (Å²) < 4.78 is 43.5. The van der Waals surface area contributed by atoms with Crippen LogP contribution in [0.5, 0.6) is 0 Å². The highest BCUT2D eigenvalue weighted by atomic mass is 31.2. The van der Waals surface area contributed by atoms with Crippen molar-refractivity contribution in [2.24, 2.45) is 10.7 Å². The van der Waals surface area contributed by atoms with Crippen LogP contribution in [0.1, 0.15) is 125 Å². The van der Waals surface area contributed by atoms with Gasteiger partial charge < -0.3 is 38.9 Å². The Balaban J connectivity index is 1.42. The van der Waals surface area contributed by atoms with E-state index in [1.54, 1.807) is 12.1 Å². The monoisotopic (exact) mass is 728 g/mol. The van der Waals surface area contributed by atoms with Crippen LogP contribution in [0.4, 0.5) is 4.39 Å². The number of nitrogens with two attached hydrogens (primary N) is 1. The highest BCUT2D eigenvalue weighted by Crippen LogP contribution is 2.42. The minimum atomic E-state index is -2.40. The highest BCUT2D eigenvalue weighted by molar-refractivity contribution is 7.40. The zero-order valence-electron chi connectivity index (χ0n) is 29.8. The van der Waals surface area contributed by atoms with E-state index < -0.39 is 32.2 Å². The maximum absolute atomic E-state index is 14.5. The molecule has 1 saturated heterocycles. The van der Waals surface area contributed by atoms with Gasteiger partial charge in [0.2, 0.25) is 0 Å². The summed E-state index contributed by atoms with van der Waals surface area (Å²) in [6.45, 7) is 2.56. The summed E-state index contributed by atoms with van der Waals surface area (Å²) in [6, 6.07) is 11.8. The number of nitrogens with one attached hydrogen (secondary N) is 2. The number of halogens is 1. The number of aromatic amines is 1. The summed E-state index contributed by atoms with van der Waals surface area (Å²) in [4.78, 5) is 17.4. The summed E-state index contributed by atoms with van der Waals surface area (Å²) in [5.74, 6) is -0.389. The molecule has 0 amide bonds. The molecule has 4 atom stereocenters. The lowest BCUT2D eigenvalue weighted by Crippen LogP contribution is -2.32. The second-order valence-electron chi connectivity index (χ2n) is 12.8. The Morgan fingerprint density at radius 3 is 2.45 bits per heavy atom. The third-order valence-corrected chi connectivity index (χ3v) is 9.52. The van der Waals surface area contributed by atoms with Gasteiger partial charge in [0, 0.05) is 17.9 Å². The molecule has 1 fully saturated rings. The van der Waals surface area contributed by atoms with E-state index in [0.717, 1.165) is 25.2 Å². The third-order valence-electron chi connectivity index (χ3n) is 8.80. The molecule has 0 bridgehead atoms. The molecule has 2 heterocycles. The second kappa shape index (κ2) is 24.1. The van der Waals surface area contributed by atoms with Gasteiger partial charge in [0.25, 0.3) is 0 Å². The van der Waals surface area contributed by atoms with Crippen LogP contribution in [0.25, 0.3) is 0 Å². The smallest absolute Gasteiger partial charge is 0.330 e. The Labute approximate surface area is 303 Å². The quantitative estimate of drug-likeness (QED) is 0.0305. The van der Waals surface area contributed by atoms with Crippen LogP contribution in [0, 0.1) is 33.9 Å². The largest absolute Gasteiger partial charge is 0.382 e. The predicted molar refractivity (Wildman–Crippen MR) is 194 cm³/mol. The zero-order chi connectivity index (χ0) is 36.7. The van der Waals surface area contributed by atoms with E-state index in [4.69, 9.17) is 39.7 Å². The van der Waals surface area contributed by atoms with Crippen molar-refractivity contribution in [3.8, 4) is 12.1 Å². The molecule has 5 N–H and O–H groups in total. The second-order valence-corrected chi connectivity index (χ2v) is 13.8. The lowest BCUT2D eigenvalue weighted by atomic mass is 10.0. The molecule has 0 radical (unpaired) electrons. The van der Waals surface area contributed by atoms with E-state index in [2.05, 4.69) is 23.0 Å². The number of nitriles is 2. The Kier molecular flexibility index (Phi) is 19.9. The molecular weight excluding hydrogens is 674 g/mol. The van der Waals surface area contributed by atoms with Crippen molar-refractivity contribution in [1.82, 2.24) is 4.98 Å². The molecule has 0 aliphatic carbocycles. The fourth-order valence-electron chi connectivity index (χ4n) is 5.77. The summed E-state index contributed by atoms with van der Waals surface area (Å²) in [5, 5.41) is 26.1. The van der Waals surface area contributed by atoms with Crippen molar-refractivity contribution in [3.05, 3.63) is 58.7 Å². The van der Waals surface area contributed by atoms with Crippen LogP contribution in [0.15, 0.2) is 35.3 Å². The average Bonchev–Trinajstić information content (AvgIpc) is 3.81. The van der Waals surface area contributed by atoms with Crippen molar-refractivity contribution in [2.75, 3.05) is 26.4 Å². The Morgan fingerprint density at radius 1 is 1.10 bits per heavy atom. The van der Waals surface area contributed by atoms with Gasteiger partial charge in [0.1, 0.15) is 30.2 Å². The molecule has 1 aliphatic heterocycles. The van der Waals surface area contributed by atoms with Crippen LogP contribution < -0.4 is 5.73 Å². The molecule has 14 heteroatoms. The van der Waals surface area contributed by atoms with Crippen LogP contribution in [0.3, 0.4) is 0 Å². The number of H-pyrrole nitrogens is 1. The zero-order valence-corrected chi connectivity index (χ0v) is 30.7. The summed E-state index contributed by atoms with van der Waals surface area (Å²) in [5.41, 5.74) is 6.29. The Hall–Kier alpha value is -3.26. The van der Waals surface area contributed by atoms with E-state index in [1.807, 2.05) is 6.07 Å². The third kappa shape index (κ3) is 15.5. The molecule has 1 aliphatic rings. The first-order valence-corrected chi connectivity index (χ1v) is 19.2. The topological polar surface area (TPSA) is 192 Å². The van der Waals surface area contributed by atoms with Crippen molar-refractivity contribution in [1.29, 1.82) is 15.9 Å². The van der Waals surface area contributed by atoms with Gasteiger partial charge in [-0.25, -0.2) is 9.38 Å². The number of aromatic nitrogens is 1. The van der Waals surface area contributed by atoms with E-state index in [-0.39, 0.29) is 43.4 Å². The maximum Gasteiger partial charge on any atom is 0.330 e. The molecule has 1 aromatic carbocycles.